The number of hydrogen-bond donors (Lipinski definition) is 2. The van der Waals surface area contributed by atoms with Gasteiger partial charge < -0.3 is 24.9 Å². The number of carbonyl (C=O) groups is 4. The molecule has 0 aromatic carbocycles. The first-order valence-electron chi connectivity index (χ1n) is 12.0. The zero-order chi connectivity index (χ0) is 24.2. The lowest BCUT2D eigenvalue weighted by Gasteiger charge is -2.60. The van der Waals surface area contributed by atoms with Crippen molar-refractivity contribution in [3.8, 4) is 0 Å². The molecule has 33 heavy (non-hydrogen) atoms. The van der Waals surface area contributed by atoms with Crippen LogP contribution in [0.1, 0.15) is 71.6 Å². The summed E-state index contributed by atoms with van der Waals surface area (Å²) in [5, 5.41) is 33.4. The lowest BCUT2D eigenvalue weighted by molar-refractivity contribution is -0.305. The second-order valence-corrected chi connectivity index (χ2v) is 10.9. The van der Waals surface area contributed by atoms with Crippen LogP contribution in [0.5, 0.6) is 0 Å². The topological polar surface area (TPSA) is 141 Å². The van der Waals surface area contributed by atoms with Crippen molar-refractivity contribution in [1.82, 2.24) is 0 Å². The third-order valence-electron chi connectivity index (χ3n) is 9.41. The van der Waals surface area contributed by atoms with Crippen LogP contribution in [0, 0.1) is 28.6 Å². The average Bonchev–Trinajstić information content (AvgIpc) is 3.02. The van der Waals surface area contributed by atoms with E-state index in [1.807, 2.05) is 6.92 Å². The lowest BCUT2D eigenvalue weighted by atomic mass is 9.45. The number of fused-ring (bicyclic) bond motifs is 5. The lowest BCUT2D eigenvalue weighted by Crippen LogP contribution is -2.62. The summed E-state index contributed by atoms with van der Waals surface area (Å²) in [5.41, 5.74) is -1.71. The number of carboxylic acid groups (broad SMARTS) is 1. The van der Waals surface area contributed by atoms with Crippen LogP contribution in [0.25, 0.3) is 0 Å². The van der Waals surface area contributed by atoms with E-state index in [2.05, 4.69) is 6.92 Å². The van der Waals surface area contributed by atoms with Crippen molar-refractivity contribution in [3.63, 3.8) is 0 Å². The van der Waals surface area contributed by atoms with E-state index in [0.29, 0.717) is 19.3 Å². The Morgan fingerprint density at radius 1 is 1.15 bits per heavy atom. The van der Waals surface area contributed by atoms with E-state index in [0.717, 1.165) is 18.4 Å². The van der Waals surface area contributed by atoms with E-state index in [9.17, 15) is 34.5 Å². The standard InChI is InChI=1S/C25H34O8/c1-23-9-7-15(26)11-14(23)3-4-16-17-8-10-25(32,24(17,2)12-18(27)22(16)23)19(28)13-33-21(31)6-5-20(29)30/h11,16-18,22,27,32H,3-10,12-13H2,1-2H3,(H,29,30)/p-1/t16-,17-,18-,22+,23-,24-,25-/m0/s1. The molecule has 3 fully saturated rings. The van der Waals surface area contributed by atoms with Gasteiger partial charge in [0.1, 0.15) is 5.60 Å². The zero-order valence-electron chi connectivity index (χ0n) is 19.3. The Kier molecular flexibility index (Phi) is 6.06. The van der Waals surface area contributed by atoms with Crippen LogP contribution in [0.3, 0.4) is 0 Å². The smallest absolute Gasteiger partial charge is 0.306 e. The quantitative estimate of drug-likeness (QED) is 0.555. The Morgan fingerprint density at radius 3 is 2.58 bits per heavy atom. The number of Topliss-reactive ketones (excluding diaryl/α,β-unsaturated/α-hetero) is 1. The van der Waals surface area contributed by atoms with Crippen LogP contribution in [0.2, 0.25) is 0 Å². The normalized spacial score (nSPS) is 41.9. The molecule has 0 spiro atoms. The highest BCUT2D eigenvalue weighted by Gasteiger charge is 2.68. The fourth-order valence-electron chi connectivity index (χ4n) is 7.69. The molecular formula is C25H33O8-. The summed E-state index contributed by atoms with van der Waals surface area (Å²) in [6.45, 7) is 3.38. The molecule has 4 aliphatic rings. The number of aliphatic hydroxyl groups is 2. The van der Waals surface area contributed by atoms with E-state index in [1.165, 1.54) is 0 Å². The predicted octanol–water partition coefficient (Wildman–Crippen LogP) is 0.863. The van der Waals surface area contributed by atoms with Crippen molar-refractivity contribution < 1.29 is 39.2 Å². The third-order valence-corrected chi connectivity index (χ3v) is 9.41. The first-order valence-corrected chi connectivity index (χ1v) is 12.0. The van der Waals surface area contributed by atoms with Gasteiger partial charge in [-0.3, -0.25) is 14.4 Å². The van der Waals surface area contributed by atoms with E-state index >= 15 is 0 Å². The molecule has 0 aromatic heterocycles. The SMILES string of the molecule is C[C@]12CCC(=O)C=C1CC[C@@H]1[C@@H]2[C@@H](O)C[C@@]2(C)[C@H]1CC[C@]2(O)C(=O)COC(=O)CCC(=O)[O-]. The van der Waals surface area contributed by atoms with Crippen molar-refractivity contribution in [2.24, 2.45) is 28.6 Å². The number of hydrogen-bond acceptors (Lipinski definition) is 8. The maximum absolute atomic E-state index is 13.1. The van der Waals surface area contributed by atoms with Gasteiger partial charge in [-0.15, -0.1) is 0 Å². The summed E-state index contributed by atoms with van der Waals surface area (Å²) in [7, 11) is 0. The van der Waals surface area contributed by atoms with Gasteiger partial charge in [-0.25, -0.2) is 0 Å². The van der Waals surface area contributed by atoms with Crippen LogP contribution in [-0.4, -0.2) is 52.0 Å². The molecule has 0 heterocycles. The number of aliphatic hydroxyl groups excluding tert-OH is 1. The molecule has 8 heteroatoms. The number of esters is 1. The molecule has 182 valence electrons. The van der Waals surface area contributed by atoms with Crippen molar-refractivity contribution in [2.45, 2.75) is 83.3 Å². The van der Waals surface area contributed by atoms with Crippen molar-refractivity contribution in [1.29, 1.82) is 0 Å². The summed E-state index contributed by atoms with van der Waals surface area (Å²) in [5.74, 6) is -2.53. The van der Waals surface area contributed by atoms with Gasteiger partial charge in [0.25, 0.3) is 0 Å². The fraction of sp³-hybridized carbons (Fsp3) is 0.760. The van der Waals surface area contributed by atoms with Gasteiger partial charge in [-0.2, -0.15) is 0 Å². The maximum atomic E-state index is 13.1. The summed E-state index contributed by atoms with van der Waals surface area (Å²) in [4.78, 5) is 47.3. The predicted molar refractivity (Wildman–Crippen MR) is 113 cm³/mol. The van der Waals surface area contributed by atoms with Crippen molar-refractivity contribution >= 4 is 23.5 Å². The van der Waals surface area contributed by atoms with Crippen LogP contribution in [0.4, 0.5) is 0 Å². The fourth-order valence-corrected chi connectivity index (χ4v) is 7.69. The second-order valence-electron chi connectivity index (χ2n) is 10.9. The van der Waals surface area contributed by atoms with Gasteiger partial charge in [0.05, 0.1) is 12.5 Å². The molecular weight excluding hydrogens is 428 g/mol. The van der Waals surface area contributed by atoms with E-state index < -0.39 is 54.3 Å². The third kappa shape index (κ3) is 3.75. The summed E-state index contributed by atoms with van der Waals surface area (Å²) < 4.78 is 4.95. The summed E-state index contributed by atoms with van der Waals surface area (Å²) in [6, 6.07) is 0. The highest BCUT2D eigenvalue weighted by molar-refractivity contribution is 5.92. The molecule has 0 radical (unpaired) electrons. The number of ether oxygens (including phenoxy) is 1. The summed E-state index contributed by atoms with van der Waals surface area (Å²) >= 11 is 0. The number of carboxylic acids is 1. The zero-order valence-corrected chi connectivity index (χ0v) is 19.3. The van der Waals surface area contributed by atoms with Crippen molar-refractivity contribution in [3.05, 3.63) is 11.6 Å². The Labute approximate surface area is 193 Å². The van der Waals surface area contributed by atoms with Crippen LogP contribution >= 0.6 is 0 Å². The van der Waals surface area contributed by atoms with Gasteiger partial charge in [0.15, 0.2) is 12.4 Å². The van der Waals surface area contributed by atoms with Crippen LogP contribution < -0.4 is 5.11 Å². The minimum atomic E-state index is -1.72. The molecule has 2 N–H and O–H groups in total. The molecule has 0 aliphatic heterocycles. The van der Waals surface area contributed by atoms with Gasteiger partial charge in [0.2, 0.25) is 5.78 Å². The van der Waals surface area contributed by atoms with E-state index in [1.54, 1.807) is 6.08 Å². The Hall–Kier alpha value is -2.06. The first-order chi connectivity index (χ1) is 15.4. The largest absolute Gasteiger partial charge is 0.550 e. The Balaban J connectivity index is 1.53. The molecule has 0 unspecified atom stereocenters. The molecule has 3 saturated carbocycles. The molecule has 0 saturated heterocycles. The highest BCUT2D eigenvalue weighted by Crippen LogP contribution is 2.67. The minimum absolute atomic E-state index is 0.0245. The number of aliphatic carboxylic acids is 1. The molecule has 4 aliphatic carbocycles. The number of rotatable bonds is 6. The van der Waals surface area contributed by atoms with Gasteiger partial charge in [-0.1, -0.05) is 19.4 Å². The molecule has 0 bridgehead atoms. The molecule has 7 atom stereocenters. The highest BCUT2D eigenvalue weighted by atomic mass is 16.5. The number of allylic oxidation sites excluding steroid dienone is 1. The first kappa shape index (κ1) is 24.1. The van der Waals surface area contributed by atoms with E-state index in [4.69, 9.17) is 4.74 Å². The second kappa shape index (κ2) is 8.31. The summed E-state index contributed by atoms with van der Waals surface area (Å²) in [6.07, 6.45) is 4.07. The van der Waals surface area contributed by atoms with Crippen molar-refractivity contribution in [2.75, 3.05) is 6.61 Å². The molecule has 0 aromatic rings. The molecule has 4 rings (SSSR count). The molecule has 8 nitrogen and oxygen atoms in total. The molecule has 0 amide bonds. The minimum Gasteiger partial charge on any atom is -0.550 e. The van der Waals surface area contributed by atoms with E-state index in [-0.39, 0.29) is 41.8 Å². The van der Waals surface area contributed by atoms with Crippen LogP contribution in [0.15, 0.2) is 11.6 Å². The number of ketones is 2. The Morgan fingerprint density at radius 2 is 1.88 bits per heavy atom. The Bertz CT molecular complexity index is 908. The monoisotopic (exact) mass is 461 g/mol. The average molecular weight is 462 g/mol. The van der Waals surface area contributed by atoms with Gasteiger partial charge in [-0.05, 0) is 74.2 Å². The number of carbonyl (C=O) groups excluding carboxylic acids is 4. The van der Waals surface area contributed by atoms with Crippen LogP contribution in [-0.2, 0) is 23.9 Å². The van der Waals surface area contributed by atoms with Gasteiger partial charge in [0, 0.05) is 17.8 Å². The van der Waals surface area contributed by atoms with Gasteiger partial charge >= 0.3 is 5.97 Å². The maximum Gasteiger partial charge on any atom is 0.306 e.